The maximum Gasteiger partial charge on any atom is 0.278 e. The van der Waals surface area contributed by atoms with Crippen LogP contribution >= 0.6 is 0 Å². The van der Waals surface area contributed by atoms with Gasteiger partial charge in [-0.05, 0) is 50.1 Å². The van der Waals surface area contributed by atoms with Crippen LogP contribution in [-0.4, -0.2) is 50.2 Å². The summed E-state index contributed by atoms with van der Waals surface area (Å²) in [6.07, 6.45) is 0.509. The quantitative estimate of drug-likeness (QED) is 0.421. The summed E-state index contributed by atoms with van der Waals surface area (Å²) in [6, 6.07) is 10.7. The van der Waals surface area contributed by atoms with E-state index in [4.69, 9.17) is 14.2 Å². The van der Waals surface area contributed by atoms with Gasteiger partial charge in [0.2, 0.25) is 0 Å². The molecule has 1 aliphatic rings. The third-order valence-electron chi connectivity index (χ3n) is 4.84. The minimum Gasteiger partial charge on any atom is -0.490 e. The van der Waals surface area contributed by atoms with Gasteiger partial charge >= 0.3 is 0 Å². The SMILES string of the molecule is CCOc1ccc(NC2=C(c3ccc(F)cc3)C(=O)N(CCCOC)C2=O)cc1OCC. The van der Waals surface area contributed by atoms with E-state index in [-0.39, 0.29) is 17.8 Å². The van der Waals surface area contributed by atoms with Crippen LogP contribution in [-0.2, 0) is 14.3 Å². The van der Waals surface area contributed by atoms with E-state index in [1.807, 2.05) is 13.8 Å². The number of carbonyl (C=O) groups is 2. The second-order valence-corrected chi connectivity index (χ2v) is 7.02. The van der Waals surface area contributed by atoms with Crippen molar-refractivity contribution in [2.45, 2.75) is 20.3 Å². The van der Waals surface area contributed by atoms with Gasteiger partial charge in [-0.15, -0.1) is 0 Å². The van der Waals surface area contributed by atoms with Crippen LogP contribution in [0.3, 0.4) is 0 Å². The molecule has 0 radical (unpaired) electrons. The average molecular weight is 442 g/mol. The van der Waals surface area contributed by atoms with Crippen molar-refractivity contribution in [2.75, 3.05) is 38.8 Å². The molecule has 0 spiro atoms. The number of amides is 2. The molecule has 0 aliphatic carbocycles. The number of nitrogens with one attached hydrogen (secondary N) is 1. The number of carbonyl (C=O) groups excluding carboxylic acids is 2. The molecular weight excluding hydrogens is 415 g/mol. The third-order valence-corrected chi connectivity index (χ3v) is 4.84. The molecule has 0 bridgehead atoms. The Kier molecular flexibility index (Phi) is 7.83. The number of hydrogen-bond acceptors (Lipinski definition) is 6. The number of imide groups is 1. The van der Waals surface area contributed by atoms with Crippen molar-refractivity contribution >= 4 is 23.1 Å². The summed E-state index contributed by atoms with van der Waals surface area (Å²) in [6.45, 7) is 5.30. The summed E-state index contributed by atoms with van der Waals surface area (Å²) in [7, 11) is 1.56. The molecule has 1 N–H and O–H groups in total. The van der Waals surface area contributed by atoms with Gasteiger partial charge < -0.3 is 19.5 Å². The van der Waals surface area contributed by atoms with Crippen molar-refractivity contribution in [3.05, 3.63) is 59.5 Å². The van der Waals surface area contributed by atoms with Gasteiger partial charge in [0.15, 0.2) is 11.5 Å². The van der Waals surface area contributed by atoms with Gasteiger partial charge in [0.05, 0.1) is 18.8 Å². The molecular formula is C24H27FN2O5. The molecule has 0 fully saturated rings. The Morgan fingerprint density at radius 3 is 2.28 bits per heavy atom. The average Bonchev–Trinajstić information content (AvgIpc) is 3.01. The Morgan fingerprint density at radius 1 is 0.938 bits per heavy atom. The first-order chi connectivity index (χ1) is 15.5. The molecule has 0 saturated heterocycles. The van der Waals surface area contributed by atoms with Crippen molar-refractivity contribution < 1.29 is 28.2 Å². The highest BCUT2D eigenvalue weighted by atomic mass is 19.1. The summed E-state index contributed by atoms with van der Waals surface area (Å²) >= 11 is 0. The molecule has 1 heterocycles. The Morgan fingerprint density at radius 2 is 1.62 bits per heavy atom. The molecule has 0 atom stereocenters. The molecule has 3 rings (SSSR count). The van der Waals surface area contributed by atoms with Gasteiger partial charge in [0, 0.05) is 32.0 Å². The van der Waals surface area contributed by atoms with Gasteiger partial charge in [0.25, 0.3) is 11.8 Å². The number of anilines is 1. The van der Waals surface area contributed by atoms with Crippen LogP contribution in [0, 0.1) is 5.82 Å². The molecule has 7 nitrogen and oxygen atoms in total. The van der Waals surface area contributed by atoms with E-state index in [1.165, 1.54) is 29.2 Å². The van der Waals surface area contributed by atoms with Crippen LogP contribution in [0.4, 0.5) is 10.1 Å². The van der Waals surface area contributed by atoms with Crippen LogP contribution in [0.5, 0.6) is 11.5 Å². The van der Waals surface area contributed by atoms with Gasteiger partial charge in [-0.25, -0.2) is 4.39 Å². The summed E-state index contributed by atoms with van der Waals surface area (Å²) in [5.41, 5.74) is 1.34. The van der Waals surface area contributed by atoms with Crippen LogP contribution in [0.15, 0.2) is 48.2 Å². The predicted octanol–water partition coefficient (Wildman–Crippen LogP) is 3.85. The molecule has 32 heavy (non-hydrogen) atoms. The fraction of sp³-hybridized carbons (Fsp3) is 0.333. The van der Waals surface area contributed by atoms with E-state index < -0.39 is 17.6 Å². The van der Waals surface area contributed by atoms with E-state index in [0.717, 1.165) is 0 Å². The fourth-order valence-electron chi connectivity index (χ4n) is 3.42. The first kappa shape index (κ1) is 23.3. The molecule has 2 aromatic carbocycles. The molecule has 0 unspecified atom stereocenters. The van der Waals surface area contributed by atoms with E-state index in [2.05, 4.69) is 5.32 Å². The molecule has 0 aromatic heterocycles. The Labute approximate surface area is 186 Å². The van der Waals surface area contributed by atoms with Crippen molar-refractivity contribution in [3.8, 4) is 11.5 Å². The fourth-order valence-corrected chi connectivity index (χ4v) is 3.42. The molecule has 2 aromatic rings. The number of nitrogens with zero attached hydrogens (tertiary/aromatic N) is 1. The maximum absolute atomic E-state index is 13.5. The zero-order chi connectivity index (χ0) is 23.1. The monoisotopic (exact) mass is 442 g/mol. The van der Waals surface area contributed by atoms with Crippen molar-refractivity contribution in [3.63, 3.8) is 0 Å². The first-order valence-corrected chi connectivity index (χ1v) is 10.5. The number of ether oxygens (including phenoxy) is 3. The third kappa shape index (κ3) is 5.08. The normalized spacial score (nSPS) is 13.7. The van der Waals surface area contributed by atoms with Gasteiger partial charge in [-0.2, -0.15) is 0 Å². The molecule has 170 valence electrons. The lowest BCUT2D eigenvalue weighted by molar-refractivity contribution is -0.137. The number of benzene rings is 2. The van der Waals surface area contributed by atoms with E-state index in [9.17, 15) is 14.0 Å². The number of halogens is 1. The lowest BCUT2D eigenvalue weighted by atomic mass is 10.0. The summed E-state index contributed by atoms with van der Waals surface area (Å²) in [5, 5.41) is 3.08. The Bertz CT molecular complexity index is 1000. The molecule has 0 saturated carbocycles. The van der Waals surface area contributed by atoms with Gasteiger partial charge in [0.1, 0.15) is 11.5 Å². The lowest BCUT2D eigenvalue weighted by Gasteiger charge is -2.16. The van der Waals surface area contributed by atoms with Crippen LogP contribution in [0.1, 0.15) is 25.8 Å². The zero-order valence-electron chi connectivity index (χ0n) is 18.4. The van der Waals surface area contributed by atoms with Crippen molar-refractivity contribution in [2.24, 2.45) is 0 Å². The number of methoxy groups -OCH3 is 1. The highest BCUT2D eigenvalue weighted by Crippen LogP contribution is 2.34. The molecule has 8 heteroatoms. The summed E-state index contributed by atoms with van der Waals surface area (Å²) in [4.78, 5) is 27.5. The Hall–Kier alpha value is -3.39. The predicted molar refractivity (Wildman–Crippen MR) is 119 cm³/mol. The highest BCUT2D eigenvalue weighted by molar-refractivity contribution is 6.36. The van der Waals surface area contributed by atoms with E-state index in [1.54, 1.807) is 25.3 Å². The van der Waals surface area contributed by atoms with E-state index in [0.29, 0.717) is 49.0 Å². The highest BCUT2D eigenvalue weighted by Gasteiger charge is 2.39. The second kappa shape index (κ2) is 10.8. The molecule has 1 aliphatic heterocycles. The summed E-state index contributed by atoms with van der Waals surface area (Å²) in [5.74, 6) is -0.196. The maximum atomic E-state index is 13.5. The largest absolute Gasteiger partial charge is 0.490 e. The summed E-state index contributed by atoms with van der Waals surface area (Å²) < 4.78 is 29.7. The molecule has 2 amide bonds. The second-order valence-electron chi connectivity index (χ2n) is 7.02. The minimum absolute atomic E-state index is 0.130. The van der Waals surface area contributed by atoms with Crippen molar-refractivity contribution in [1.29, 1.82) is 0 Å². The Balaban J connectivity index is 1.98. The topological polar surface area (TPSA) is 77.1 Å². The smallest absolute Gasteiger partial charge is 0.278 e. The zero-order valence-corrected chi connectivity index (χ0v) is 18.4. The van der Waals surface area contributed by atoms with Crippen LogP contribution in [0.25, 0.3) is 5.57 Å². The lowest BCUT2D eigenvalue weighted by Crippen LogP contribution is -2.33. The van der Waals surface area contributed by atoms with Gasteiger partial charge in [-0.3, -0.25) is 14.5 Å². The van der Waals surface area contributed by atoms with E-state index >= 15 is 0 Å². The van der Waals surface area contributed by atoms with Gasteiger partial charge in [-0.1, -0.05) is 12.1 Å². The standard InChI is InChI=1S/C24H27FN2O5/c1-4-31-19-12-11-18(15-20(19)32-5-2)26-22-21(16-7-9-17(25)10-8-16)23(28)27(24(22)29)13-6-14-30-3/h7-12,15,26H,4-6,13-14H2,1-3H3. The van der Waals surface area contributed by atoms with Crippen LogP contribution in [0.2, 0.25) is 0 Å². The minimum atomic E-state index is -0.447. The van der Waals surface area contributed by atoms with Crippen molar-refractivity contribution in [1.82, 2.24) is 4.90 Å². The number of rotatable bonds is 11. The number of hydrogen-bond donors (Lipinski definition) is 1. The van der Waals surface area contributed by atoms with Crippen LogP contribution < -0.4 is 14.8 Å². The first-order valence-electron chi connectivity index (χ1n) is 10.5.